The number of methoxy groups -OCH3 is 1. The molecule has 1 aliphatic rings. The van der Waals surface area contributed by atoms with Crippen LogP contribution in [-0.2, 0) is 4.74 Å². The second-order valence-corrected chi connectivity index (χ2v) is 9.68. The standard InChI is InChI=1S/C11H21NOSi/c1-13-10-11-6-5-7-12(11)8-9-14(2,3)4/h11H,5-7,10H2,1-4H3/t11-/m0/s1. The summed E-state index contributed by atoms with van der Waals surface area (Å²) in [6.07, 6.45) is 2.49. The van der Waals surface area contributed by atoms with Gasteiger partial charge in [0.15, 0.2) is 0 Å². The molecule has 1 aliphatic heterocycles. The van der Waals surface area contributed by atoms with Crippen LogP contribution in [0.3, 0.4) is 0 Å². The van der Waals surface area contributed by atoms with Crippen molar-refractivity contribution in [2.75, 3.05) is 20.3 Å². The summed E-state index contributed by atoms with van der Waals surface area (Å²) >= 11 is 0. The summed E-state index contributed by atoms with van der Waals surface area (Å²) < 4.78 is 5.19. The van der Waals surface area contributed by atoms with Gasteiger partial charge in [0, 0.05) is 19.7 Å². The zero-order chi connectivity index (χ0) is 10.6. The van der Waals surface area contributed by atoms with Crippen molar-refractivity contribution in [1.29, 1.82) is 0 Å². The first-order valence-corrected chi connectivity index (χ1v) is 8.81. The predicted molar refractivity (Wildman–Crippen MR) is 62.7 cm³/mol. The summed E-state index contributed by atoms with van der Waals surface area (Å²) in [5.41, 5.74) is 3.41. The van der Waals surface area contributed by atoms with E-state index < -0.39 is 8.07 Å². The molecule has 0 spiro atoms. The molecular formula is C11H21NOSi. The van der Waals surface area contributed by atoms with Crippen molar-refractivity contribution in [2.45, 2.75) is 38.5 Å². The van der Waals surface area contributed by atoms with Gasteiger partial charge in [0.05, 0.1) is 12.6 Å². The SMILES string of the molecule is COC[C@@H]1CCCN1C#C[Si](C)(C)C. The van der Waals surface area contributed by atoms with Gasteiger partial charge in [-0.05, 0) is 12.8 Å². The van der Waals surface area contributed by atoms with Gasteiger partial charge in [-0.15, -0.1) is 5.54 Å². The van der Waals surface area contributed by atoms with Crippen LogP contribution in [0.15, 0.2) is 0 Å². The summed E-state index contributed by atoms with van der Waals surface area (Å²) in [4.78, 5) is 2.27. The zero-order valence-electron chi connectivity index (χ0n) is 9.76. The van der Waals surface area contributed by atoms with Gasteiger partial charge in [-0.25, -0.2) is 0 Å². The average molecular weight is 211 g/mol. The number of ether oxygens (including phenoxy) is 1. The van der Waals surface area contributed by atoms with E-state index in [9.17, 15) is 0 Å². The minimum Gasteiger partial charge on any atom is -0.383 e. The van der Waals surface area contributed by atoms with Crippen molar-refractivity contribution < 1.29 is 4.74 Å². The Morgan fingerprint density at radius 3 is 2.71 bits per heavy atom. The molecule has 1 saturated heterocycles. The summed E-state index contributed by atoms with van der Waals surface area (Å²) in [6.45, 7) is 8.77. The van der Waals surface area contributed by atoms with Gasteiger partial charge >= 0.3 is 0 Å². The van der Waals surface area contributed by atoms with E-state index in [1.165, 1.54) is 12.8 Å². The van der Waals surface area contributed by atoms with E-state index in [1.54, 1.807) is 7.11 Å². The van der Waals surface area contributed by atoms with Gasteiger partial charge in [-0.2, -0.15) is 0 Å². The van der Waals surface area contributed by atoms with Crippen molar-refractivity contribution in [3.8, 4) is 11.6 Å². The molecule has 3 heteroatoms. The molecule has 1 rings (SSSR count). The third-order valence-corrected chi connectivity index (χ3v) is 3.17. The molecule has 0 aromatic carbocycles. The Morgan fingerprint density at radius 2 is 2.14 bits per heavy atom. The molecule has 0 N–H and O–H groups in total. The molecule has 14 heavy (non-hydrogen) atoms. The molecule has 0 aromatic heterocycles. The summed E-state index contributed by atoms with van der Waals surface area (Å²) in [5.74, 6) is 0. The molecule has 1 fully saturated rings. The van der Waals surface area contributed by atoms with Gasteiger partial charge in [-0.1, -0.05) is 19.6 Å². The maximum absolute atomic E-state index is 5.19. The fraction of sp³-hybridized carbons (Fsp3) is 0.818. The first-order chi connectivity index (χ1) is 6.53. The Morgan fingerprint density at radius 1 is 1.43 bits per heavy atom. The molecule has 0 saturated carbocycles. The Bertz CT molecular complexity index is 236. The third-order valence-electron chi connectivity index (χ3n) is 2.31. The van der Waals surface area contributed by atoms with E-state index in [0.29, 0.717) is 6.04 Å². The van der Waals surface area contributed by atoms with Crippen LogP contribution in [0.4, 0.5) is 0 Å². The molecule has 0 aromatic rings. The summed E-state index contributed by atoms with van der Waals surface area (Å²) in [7, 11) is 0.545. The Kier molecular flexibility index (Phi) is 4.03. The normalized spacial score (nSPS) is 22.0. The van der Waals surface area contributed by atoms with Crippen LogP contribution in [0.5, 0.6) is 0 Å². The molecule has 0 aliphatic carbocycles. The van der Waals surface area contributed by atoms with E-state index >= 15 is 0 Å². The maximum atomic E-state index is 5.19. The lowest BCUT2D eigenvalue weighted by Crippen LogP contribution is -2.29. The lowest BCUT2D eigenvalue weighted by Gasteiger charge is -2.19. The zero-order valence-corrected chi connectivity index (χ0v) is 10.8. The fourth-order valence-electron chi connectivity index (χ4n) is 1.59. The van der Waals surface area contributed by atoms with Gasteiger partial charge in [0.25, 0.3) is 0 Å². The number of rotatable bonds is 2. The van der Waals surface area contributed by atoms with Crippen molar-refractivity contribution in [3.05, 3.63) is 0 Å². The summed E-state index contributed by atoms with van der Waals surface area (Å²) in [5, 5.41) is 0. The molecule has 80 valence electrons. The second kappa shape index (κ2) is 4.86. The van der Waals surface area contributed by atoms with E-state index in [-0.39, 0.29) is 0 Å². The number of likely N-dealkylation sites (tertiary alicyclic amines) is 1. The first-order valence-electron chi connectivity index (χ1n) is 5.31. The molecule has 0 unspecified atom stereocenters. The van der Waals surface area contributed by atoms with E-state index in [1.807, 2.05) is 0 Å². The van der Waals surface area contributed by atoms with Gasteiger partial charge < -0.3 is 9.64 Å². The van der Waals surface area contributed by atoms with Gasteiger partial charge in [0.1, 0.15) is 8.07 Å². The van der Waals surface area contributed by atoms with E-state index in [4.69, 9.17) is 4.74 Å². The highest BCUT2D eigenvalue weighted by Crippen LogP contribution is 2.16. The van der Waals surface area contributed by atoms with Crippen LogP contribution in [0, 0.1) is 11.6 Å². The molecule has 0 amide bonds. The minimum atomic E-state index is -1.22. The lowest BCUT2D eigenvalue weighted by atomic mass is 10.2. The van der Waals surface area contributed by atoms with Crippen molar-refractivity contribution in [3.63, 3.8) is 0 Å². The highest BCUT2D eigenvalue weighted by molar-refractivity contribution is 6.83. The molecule has 2 nitrogen and oxygen atoms in total. The smallest absolute Gasteiger partial charge is 0.131 e. The maximum Gasteiger partial charge on any atom is 0.131 e. The molecule has 1 heterocycles. The molecular weight excluding hydrogens is 190 g/mol. The number of hydrogen-bond donors (Lipinski definition) is 0. The van der Waals surface area contributed by atoms with Crippen molar-refractivity contribution >= 4 is 8.07 Å². The topological polar surface area (TPSA) is 12.5 Å². The highest BCUT2D eigenvalue weighted by atomic mass is 28.3. The summed E-state index contributed by atoms with van der Waals surface area (Å²) in [6, 6.07) is 3.85. The Labute approximate surface area is 88.6 Å². The van der Waals surface area contributed by atoms with E-state index in [0.717, 1.165) is 13.2 Å². The average Bonchev–Trinajstić information content (AvgIpc) is 2.48. The van der Waals surface area contributed by atoms with Crippen molar-refractivity contribution in [1.82, 2.24) is 4.90 Å². The predicted octanol–water partition coefficient (Wildman–Crippen LogP) is 1.94. The van der Waals surface area contributed by atoms with Crippen LogP contribution in [-0.4, -0.2) is 39.3 Å². The molecule has 1 atom stereocenters. The largest absolute Gasteiger partial charge is 0.383 e. The van der Waals surface area contributed by atoms with Crippen LogP contribution >= 0.6 is 0 Å². The minimum absolute atomic E-state index is 0.531. The Hall–Kier alpha value is -0.463. The van der Waals surface area contributed by atoms with Crippen LogP contribution in [0.25, 0.3) is 0 Å². The van der Waals surface area contributed by atoms with Gasteiger partial charge in [-0.3, -0.25) is 0 Å². The van der Waals surface area contributed by atoms with Crippen LogP contribution < -0.4 is 0 Å². The highest BCUT2D eigenvalue weighted by Gasteiger charge is 2.22. The second-order valence-electron chi connectivity index (χ2n) is 4.93. The third kappa shape index (κ3) is 3.73. The van der Waals surface area contributed by atoms with Crippen molar-refractivity contribution in [2.24, 2.45) is 0 Å². The molecule has 0 radical (unpaired) electrons. The fourth-order valence-corrected chi connectivity index (χ4v) is 2.07. The number of nitrogens with zero attached hydrogens (tertiary/aromatic N) is 1. The van der Waals surface area contributed by atoms with Crippen LogP contribution in [0.2, 0.25) is 19.6 Å². The van der Waals surface area contributed by atoms with Gasteiger partial charge in [0.2, 0.25) is 0 Å². The van der Waals surface area contributed by atoms with E-state index in [2.05, 4.69) is 36.1 Å². The first kappa shape index (κ1) is 11.6. The monoisotopic (exact) mass is 211 g/mol. The number of hydrogen-bond acceptors (Lipinski definition) is 2. The lowest BCUT2D eigenvalue weighted by molar-refractivity contribution is 0.142. The van der Waals surface area contributed by atoms with Crippen LogP contribution in [0.1, 0.15) is 12.8 Å². The molecule has 0 bridgehead atoms. The Balaban J connectivity index is 2.53. The quantitative estimate of drug-likeness (QED) is 0.511.